The Bertz CT molecular complexity index is 503. The Balaban J connectivity index is 2.39. The predicted molar refractivity (Wildman–Crippen MR) is 51.0 cm³/mol. The van der Waals surface area contributed by atoms with Gasteiger partial charge in [0.25, 0.3) is 0 Å². The van der Waals surface area contributed by atoms with Gasteiger partial charge in [-0.3, -0.25) is 5.10 Å². The minimum atomic E-state index is 0.420. The van der Waals surface area contributed by atoms with Crippen LogP contribution < -0.4 is 0 Å². The lowest BCUT2D eigenvalue weighted by Crippen LogP contribution is -1.91. The minimum Gasteiger partial charge on any atom is -0.279 e. The Morgan fingerprint density at radius 1 is 1.64 bits per heavy atom. The molecule has 0 aliphatic rings. The lowest BCUT2D eigenvalue weighted by Gasteiger charge is -1.86. The summed E-state index contributed by atoms with van der Waals surface area (Å²) in [7, 11) is 0. The van der Waals surface area contributed by atoms with Crippen molar-refractivity contribution in [1.82, 2.24) is 19.8 Å². The van der Waals surface area contributed by atoms with Crippen molar-refractivity contribution >= 4 is 17.2 Å². The van der Waals surface area contributed by atoms with Crippen molar-refractivity contribution < 1.29 is 0 Å². The van der Waals surface area contributed by atoms with E-state index in [1.54, 1.807) is 0 Å². The Morgan fingerprint density at radius 3 is 3.07 bits per heavy atom. The Labute approximate surface area is 85.3 Å². The van der Waals surface area contributed by atoms with Gasteiger partial charge >= 0.3 is 0 Å². The fourth-order valence-electron chi connectivity index (χ4n) is 1.22. The number of H-pyrrole nitrogens is 1. The average molecular weight is 210 g/mol. The van der Waals surface area contributed by atoms with E-state index >= 15 is 0 Å². The highest BCUT2D eigenvalue weighted by molar-refractivity contribution is 6.34. The molecule has 2 aromatic heterocycles. The van der Waals surface area contributed by atoms with E-state index in [9.17, 15) is 0 Å². The monoisotopic (exact) mass is 209 g/mol. The number of nitrogens with one attached hydrogen (secondary N) is 1. The van der Waals surface area contributed by atoms with E-state index in [1.807, 2.05) is 13.0 Å². The summed E-state index contributed by atoms with van der Waals surface area (Å²) in [5, 5.41) is 16.1. The van der Waals surface area contributed by atoms with Gasteiger partial charge in [0.1, 0.15) is 5.02 Å². The number of hydrogen-bond acceptors (Lipinski definition) is 3. The van der Waals surface area contributed by atoms with Gasteiger partial charge in [0.2, 0.25) is 0 Å². The largest absolute Gasteiger partial charge is 0.279 e. The molecule has 0 saturated heterocycles. The molecule has 5 nitrogen and oxygen atoms in total. The van der Waals surface area contributed by atoms with Crippen LogP contribution in [0.5, 0.6) is 0 Å². The van der Waals surface area contributed by atoms with Crippen LogP contribution in [0.3, 0.4) is 0 Å². The third-order valence-electron chi connectivity index (χ3n) is 1.91. The van der Waals surface area contributed by atoms with E-state index in [-0.39, 0.29) is 0 Å². The molecule has 0 unspecified atom stereocenters. The lowest BCUT2D eigenvalue weighted by molar-refractivity contribution is 0.769. The van der Waals surface area contributed by atoms with Crippen LogP contribution in [0.4, 0.5) is 0 Å². The molecular formula is C8H8ClN5. The number of nitriles is 1. The normalized spacial score (nSPS) is 10.6. The third-order valence-corrected chi connectivity index (χ3v) is 2.36. The molecule has 2 heterocycles. The first-order chi connectivity index (χ1) is 6.72. The number of aromatic amines is 1. The summed E-state index contributed by atoms with van der Waals surface area (Å²) < 4.78 is 1.53. The van der Waals surface area contributed by atoms with Crippen LogP contribution in [0.2, 0.25) is 5.02 Å². The molecule has 0 aromatic carbocycles. The number of hydrogen-bond donors (Lipinski definition) is 1. The predicted octanol–water partition coefficient (Wildman–Crippen LogP) is 1.48. The summed E-state index contributed by atoms with van der Waals surface area (Å²) in [6, 6.07) is 2.05. The average Bonchev–Trinajstić information content (AvgIpc) is 2.66. The quantitative estimate of drug-likeness (QED) is 0.815. The van der Waals surface area contributed by atoms with Crippen molar-refractivity contribution in [1.29, 1.82) is 5.26 Å². The van der Waals surface area contributed by atoms with Gasteiger partial charge in [0, 0.05) is 12.8 Å². The van der Waals surface area contributed by atoms with Gasteiger partial charge in [-0.1, -0.05) is 11.6 Å². The van der Waals surface area contributed by atoms with Crippen LogP contribution in [-0.2, 0) is 6.42 Å². The van der Waals surface area contributed by atoms with E-state index in [0.717, 1.165) is 5.69 Å². The van der Waals surface area contributed by atoms with Crippen LogP contribution in [0.1, 0.15) is 17.9 Å². The molecule has 0 fully saturated rings. The molecule has 0 atom stereocenters. The second kappa shape index (κ2) is 3.31. The van der Waals surface area contributed by atoms with Gasteiger partial charge in [0.05, 0.1) is 11.8 Å². The van der Waals surface area contributed by atoms with Crippen molar-refractivity contribution in [3.8, 4) is 6.07 Å². The molecule has 6 heteroatoms. The number of nitrogens with zero attached hydrogens (tertiary/aromatic N) is 4. The molecular weight excluding hydrogens is 202 g/mol. The lowest BCUT2D eigenvalue weighted by atomic mass is 10.3. The molecule has 0 aliphatic carbocycles. The molecule has 0 radical (unpaired) electrons. The number of fused-ring (bicyclic) bond motifs is 1. The van der Waals surface area contributed by atoms with E-state index in [1.165, 1.54) is 4.63 Å². The molecule has 1 N–H and O–H groups in total. The SMILES string of the molecule is Cc1[nH]n2nc(CCC#N)nc2c1Cl. The summed E-state index contributed by atoms with van der Waals surface area (Å²) in [4.78, 5) is 4.21. The fourth-order valence-corrected chi connectivity index (χ4v) is 1.39. The zero-order valence-corrected chi connectivity index (χ0v) is 8.34. The smallest absolute Gasteiger partial charge is 0.194 e. The summed E-state index contributed by atoms with van der Waals surface area (Å²) >= 11 is 5.97. The second-order valence-corrected chi connectivity index (χ2v) is 3.35. The molecule has 0 bridgehead atoms. The highest BCUT2D eigenvalue weighted by Gasteiger charge is 2.11. The number of halogens is 1. The topological polar surface area (TPSA) is 69.8 Å². The highest BCUT2D eigenvalue weighted by atomic mass is 35.5. The standard InChI is InChI=1S/C8H8ClN5/c1-5-7(9)8-11-6(3-2-4-10)13-14(8)12-5/h12H,2-3H2,1H3. The van der Waals surface area contributed by atoms with Gasteiger partial charge in [-0.2, -0.15) is 9.89 Å². The van der Waals surface area contributed by atoms with Crippen LogP contribution >= 0.6 is 11.6 Å². The van der Waals surface area contributed by atoms with Crippen molar-refractivity contribution in [2.24, 2.45) is 0 Å². The summed E-state index contributed by atoms with van der Waals surface area (Å²) in [6.07, 6.45) is 0.977. The van der Waals surface area contributed by atoms with E-state index in [2.05, 4.69) is 15.2 Å². The van der Waals surface area contributed by atoms with E-state index in [4.69, 9.17) is 16.9 Å². The maximum atomic E-state index is 8.41. The molecule has 0 spiro atoms. The number of rotatable bonds is 2. The summed E-state index contributed by atoms with van der Waals surface area (Å²) in [6.45, 7) is 1.85. The maximum Gasteiger partial charge on any atom is 0.194 e. The van der Waals surface area contributed by atoms with Gasteiger partial charge in [-0.25, -0.2) is 4.98 Å². The fraction of sp³-hybridized carbons (Fsp3) is 0.375. The van der Waals surface area contributed by atoms with Crippen LogP contribution in [0, 0.1) is 18.3 Å². The molecule has 2 aromatic rings. The van der Waals surface area contributed by atoms with Crippen LogP contribution in [0.25, 0.3) is 5.65 Å². The first-order valence-electron chi connectivity index (χ1n) is 4.19. The van der Waals surface area contributed by atoms with Gasteiger partial charge in [-0.15, -0.1) is 5.10 Å². The Kier molecular flexibility index (Phi) is 2.14. The van der Waals surface area contributed by atoms with Crippen LogP contribution in [0.15, 0.2) is 0 Å². The van der Waals surface area contributed by atoms with Crippen molar-refractivity contribution in [3.05, 3.63) is 16.5 Å². The minimum absolute atomic E-state index is 0.420. The highest BCUT2D eigenvalue weighted by Crippen LogP contribution is 2.19. The molecule has 0 aliphatic heterocycles. The van der Waals surface area contributed by atoms with Gasteiger partial charge in [-0.05, 0) is 6.92 Å². The molecule has 72 valence electrons. The van der Waals surface area contributed by atoms with E-state index < -0.39 is 0 Å². The number of aromatic nitrogens is 4. The van der Waals surface area contributed by atoms with Crippen LogP contribution in [-0.4, -0.2) is 19.8 Å². The zero-order valence-electron chi connectivity index (χ0n) is 7.58. The molecule has 2 rings (SSSR count). The third kappa shape index (κ3) is 1.34. The first kappa shape index (κ1) is 9.03. The summed E-state index contributed by atoms with van der Waals surface area (Å²) in [5.41, 5.74) is 1.46. The Morgan fingerprint density at radius 2 is 2.43 bits per heavy atom. The first-order valence-corrected chi connectivity index (χ1v) is 4.57. The second-order valence-electron chi connectivity index (χ2n) is 2.97. The summed E-state index contributed by atoms with van der Waals surface area (Å²) in [5.74, 6) is 0.639. The van der Waals surface area contributed by atoms with Gasteiger partial charge < -0.3 is 0 Å². The molecule has 0 amide bonds. The number of aryl methyl sites for hydroxylation is 2. The maximum absolute atomic E-state index is 8.41. The van der Waals surface area contributed by atoms with E-state index in [0.29, 0.717) is 29.3 Å². The zero-order chi connectivity index (χ0) is 10.1. The Hall–Kier alpha value is -1.54. The van der Waals surface area contributed by atoms with Crippen molar-refractivity contribution in [3.63, 3.8) is 0 Å². The molecule has 14 heavy (non-hydrogen) atoms. The van der Waals surface area contributed by atoms with Crippen molar-refractivity contribution in [2.75, 3.05) is 0 Å². The van der Waals surface area contributed by atoms with Crippen molar-refractivity contribution in [2.45, 2.75) is 19.8 Å². The van der Waals surface area contributed by atoms with Gasteiger partial charge in [0.15, 0.2) is 11.5 Å². The molecule has 0 saturated carbocycles.